The number of hydrogen-bond donors (Lipinski definition) is 1. The van der Waals surface area contributed by atoms with Crippen molar-refractivity contribution in [2.24, 2.45) is 11.8 Å². The topological polar surface area (TPSA) is 12.0 Å². The lowest BCUT2D eigenvalue weighted by atomic mass is 9.86. The van der Waals surface area contributed by atoms with Gasteiger partial charge in [-0.05, 0) is 49.9 Å². The van der Waals surface area contributed by atoms with Crippen LogP contribution in [0, 0.1) is 17.7 Å². The lowest BCUT2D eigenvalue weighted by Crippen LogP contribution is -2.23. The number of nitrogens with one attached hydrogen (secondary N) is 1. The highest BCUT2D eigenvalue weighted by Crippen LogP contribution is 2.22. The van der Waals surface area contributed by atoms with E-state index < -0.39 is 0 Å². The third kappa shape index (κ3) is 4.77. The van der Waals surface area contributed by atoms with E-state index in [1.807, 2.05) is 19.2 Å². The van der Waals surface area contributed by atoms with Crippen molar-refractivity contribution < 1.29 is 4.39 Å². The first-order valence-electron chi connectivity index (χ1n) is 7.09. The first kappa shape index (κ1) is 15.2. The van der Waals surface area contributed by atoms with E-state index in [2.05, 4.69) is 19.2 Å². The molecule has 1 unspecified atom stereocenters. The van der Waals surface area contributed by atoms with Crippen LogP contribution < -0.4 is 5.32 Å². The molecule has 0 fully saturated rings. The summed E-state index contributed by atoms with van der Waals surface area (Å²) in [7, 11) is 1.97. The molecule has 1 aromatic rings. The SMILES string of the molecule is CCC(CC)CC(CNC)Cc1ccccc1F. The number of halogens is 1. The second-order valence-corrected chi connectivity index (χ2v) is 5.14. The third-order valence-electron chi connectivity index (χ3n) is 3.78. The Morgan fingerprint density at radius 1 is 1.11 bits per heavy atom. The van der Waals surface area contributed by atoms with Gasteiger partial charge in [-0.2, -0.15) is 0 Å². The lowest BCUT2D eigenvalue weighted by molar-refractivity contribution is 0.341. The number of benzene rings is 1. The molecular weight excluding hydrogens is 225 g/mol. The molecule has 0 aliphatic heterocycles. The summed E-state index contributed by atoms with van der Waals surface area (Å²) < 4.78 is 13.7. The van der Waals surface area contributed by atoms with E-state index in [0.29, 0.717) is 5.92 Å². The number of rotatable bonds is 8. The molecule has 1 N–H and O–H groups in total. The molecule has 2 heteroatoms. The van der Waals surface area contributed by atoms with Crippen LogP contribution in [0.25, 0.3) is 0 Å². The van der Waals surface area contributed by atoms with Gasteiger partial charge in [-0.15, -0.1) is 0 Å². The second-order valence-electron chi connectivity index (χ2n) is 5.14. The first-order chi connectivity index (χ1) is 8.71. The fourth-order valence-corrected chi connectivity index (χ4v) is 2.60. The van der Waals surface area contributed by atoms with E-state index >= 15 is 0 Å². The second kappa shape index (κ2) is 8.25. The minimum Gasteiger partial charge on any atom is -0.319 e. The Morgan fingerprint density at radius 2 is 1.78 bits per heavy atom. The van der Waals surface area contributed by atoms with E-state index in [0.717, 1.165) is 24.4 Å². The van der Waals surface area contributed by atoms with Gasteiger partial charge in [-0.25, -0.2) is 4.39 Å². The zero-order valence-electron chi connectivity index (χ0n) is 11.9. The summed E-state index contributed by atoms with van der Waals surface area (Å²) in [6.45, 7) is 5.45. The molecule has 18 heavy (non-hydrogen) atoms. The van der Waals surface area contributed by atoms with Crippen LogP contribution in [-0.2, 0) is 6.42 Å². The van der Waals surface area contributed by atoms with Crippen LogP contribution in [0.3, 0.4) is 0 Å². The maximum absolute atomic E-state index is 13.7. The first-order valence-corrected chi connectivity index (χ1v) is 7.09. The van der Waals surface area contributed by atoms with Gasteiger partial charge in [0.2, 0.25) is 0 Å². The molecule has 0 aliphatic carbocycles. The molecule has 0 saturated heterocycles. The molecule has 0 aliphatic rings. The van der Waals surface area contributed by atoms with Crippen LogP contribution in [0.5, 0.6) is 0 Å². The Balaban J connectivity index is 2.65. The van der Waals surface area contributed by atoms with Crippen molar-refractivity contribution in [2.45, 2.75) is 39.5 Å². The molecule has 102 valence electrons. The zero-order valence-corrected chi connectivity index (χ0v) is 11.9. The molecule has 0 radical (unpaired) electrons. The van der Waals surface area contributed by atoms with Crippen LogP contribution in [0.15, 0.2) is 24.3 Å². The van der Waals surface area contributed by atoms with E-state index in [9.17, 15) is 4.39 Å². The lowest BCUT2D eigenvalue weighted by Gasteiger charge is -2.22. The molecule has 0 aromatic heterocycles. The molecule has 0 bridgehead atoms. The molecule has 1 aromatic carbocycles. The van der Waals surface area contributed by atoms with Crippen LogP contribution >= 0.6 is 0 Å². The van der Waals surface area contributed by atoms with Gasteiger partial charge < -0.3 is 5.32 Å². The highest BCUT2D eigenvalue weighted by Gasteiger charge is 2.15. The fraction of sp³-hybridized carbons (Fsp3) is 0.625. The molecule has 1 atom stereocenters. The third-order valence-corrected chi connectivity index (χ3v) is 3.78. The average Bonchev–Trinajstić information content (AvgIpc) is 2.38. The van der Waals surface area contributed by atoms with Gasteiger partial charge in [-0.3, -0.25) is 0 Å². The zero-order chi connectivity index (χ0) is 13.4. The Labute approximate surface area is 111 Å². The van der Waals surface area contributed by atoms with Gasteiger partial charge in [-0.1, -0.05) is 44.9 Å². The molecule has 0 saturated carbocycles. The van der Waals surface area contributed by atoms with E-state index in [1.54, 1.807) is 12.1 Å². The Bertz CT molecular complexity index is 334. The monoisotopic (exact) mass is 251 g/mol. The molecule has 0 heterocycles. The Morgan fingerprint density at radius 3 is 2.33 bits per heavy atom. The van der Waals surface area contributed by atoms with Crippen molar-refractivity contribution in [2.75, 3.05) is 13.6 Å². The summed E-state index contributed by atoms with van der Waals surface area (Å²) in [4.78, 5) is 0. The average molecular weight is 251 g/mol. The molecule has 1 nitrogen and oxygen atoms in total. The highest BCUT2D eigenvalue weighted by atomic mass is 19.1. The predicted octanol–water partition coefficient (Wildman–Crippen LogP) is 4.03. The summed E-state index contributed by atoms with van der Waals surface area (Å²) >= 11 is 0. The summed E-state index contributed by atoms with van der Waals surface area (Å²) in [5, 5.41) is 3.24. The van der Waals surface area contributed by atoms with Crippen LogP contribution in [0.1, 0.15) is 38.7 Å². The smallest absolute Gasteiger partial charge is 0.126 e. The Hall–Kier alpha value is -0.890. The van der Waals surface area contributed by atoms with Crippen molar-refractivity contribution in [3.8, 4) is 0 Å². The quantitative estimate of drug-likeness (QED) is 0.735. The Kier molecular flexibility index (Phi) is 6.96. The van der Waals surface area contributed by atoms with Crippen molar-refractivity contribution >= 4 is 0 Å². The molecule has 1 rings (SSSR count). The van der Waals surface area contributed by atoms with Crippen molar-refractivity contribution in [1.82, 2.24) is 5.32 Å². The standard InChI is InChI=1S/C16H26FN/c1-4-13(5-2)10-14(12-18-3)11-15-8-6-7-9-16(15)17/h6-9,13-14,18H,4-5,10-12H2,1-3H3. The summed E-state index contributed by atoms with van der Waals surface area (Å²) in [5.41, 5.74) is 0.851. The van der Waals surface area contributed by atoms with Gasteiger partial charge in [0.1, 0.15) is 5.82 Å². The molecule has 0 amide bonds. The van der Waals surface area contributed by atoms with Gasteiger partial charge in [0.15, 0.2) is 0 Å². The fourth-order valence-electron chi connectivity index (χ4n) is 2.60. The minimum atomic E-state index is -0.0665. The normalized spacial score (nSPS) is 12.9. The summed E-state index contributed by atoms with van der Waals surface area (Å²) in [5.74, 6) is 1.22. The maximum Gasteiger partial charge on any atom is 0.126 e. The molecule has 0 spiro atoms. The van der Waals surface area contributed by atoms with Gasteiger partial charge in [0.25, 0.3) is 0 Å². The maximum atomic E-state index is 13.7. The van der Waals surface area contributed by atoms with Crippen LogP contribution in [0.4, 0.5) is 4.39 Å². The van der Waals surface area contributed by atoms with Crippen LogP contribution in [0.2, 0.25) is 0 Å². The van der Waals surface area contributed by atoms with E-state index in [-0.39, 0.29) is 5.82 Å². The van der Waals surface area contributed by atoms with Crippen molar-refractivity contribution in [3.63, 3.8) is 0 Å². The molecular formula is C16H26FN. The van der Waals surface area contributed by atoms with Crippen molar-refractivity contribution in [3.05, 3.63) is 35.6 Å². The van der Waals surface area contributed by atoms with Crippen LogP contribution in [-0.4, -0.2) is 13.6 Å². The van der Waals surface area contributed by atoms with Crippen molar-refractivity contribution in [1.29, 1.82) is 0 Å². The van der Waals surface area contributed by atoms with E-state index in [4.69, 9.17) is 0 Å². The minimum absolute atomic E-state index is 0.0665. The summed E-state index contributed by atoms with van der Waals surface area (Å²) in [6, 6.07) is 7.15. The van der Waals surface area contributed by atoms with Gasteiger partial charge >= 0.3 is 0 Å². The number of hydrogen-bond acceptors (Lipinski definition) is 1. The highest BCUT2D eigenvalue weighted by molar-refractivity contribution is 5.17. The largest absolute Gasteiger partial charge is 0.319 e. The predicted molar refractivity (Wildman–Crippen MR) is 76.2 cm³/mol. The van der Waals surface area contributed by atoms with Gasteiger partial charge in [0, 0.05) is 0 Å². The van der Waals surface area contributed by atoms with Gasteiger partial charge in [0.05, 0.1) is 0 Å². The summed E-state index contributed by atoms with van der Waals surface area (Å²) in [6.07, 6.45) is 4.45. The van der Waals surface area contributed by atoms with E-state index in [1.165, 1.54) is 19.3 Å².